The van der Waals surface area contributed by atoms with Gasteiger partial charge in [0.05, 0.1) is 25.4 Å². The molecule has 2 saturated heterocycles. The SMILES string of the molecule is C[Si](C)(C)O[Si](C)(CC1CO1)CC1CO1. The maximum Gasteiger partial charge on any atom is 0.181 e. The summed E-state index contributed by atoms with van der Waals surface area (Å²) in [6.45, 7) is 11.1. The van der Waals surface area contributed by atoms with Gasteiger partial charge in [-0.3, -0.25) is 0 Å². The van der Waals surface area contributed by atoms with Crippen LogP contribution in [0.1, 0.15) is 0 Å². The Kier molecular flexibility index (Phi) is 3.11. The van der Waals surface area contributed by atoms with Gasteiger partial charge in [0.25, 0.3) is 0 Å². The smallest absolute Gasteiger partial charge is 0.181 e. The van der Waals surface area contributed by atoms with E-state index in [1.54, 1.807) is 0 Å². The van der Waals surface area contributed by atoms with E-state index in [0.29, 0.717) is 12.2 Å². The molecule has 0 spiro atoms. The normalized spacial score (nSPS) is 33.6. The molecule has 2 aliphatic rings. The summed E-state index contributed by atoms with van der Waals surface area (Å²) in [5, 5.41) is 0. The van der Waals surface area contributed by atoms with Crippen LogP contribution in [0.15, 0.2) is 0 Å². The van der Waals surface area contributed by atoms with Crippen LogP contribution in [0.2, 0.25) is 38.3 Å². The Morgan fingerprint density at radius 2 is 1.40 bits per heavy atom. The number of hydrogen-bond acceptors (Lipinski definition) is 3. The Hall–Kier alpha value is 0.314. The summed E-state index contributed by atoms with van der Waals surface area (Å²) in [7, 11) is -2.99. The zero-order valence-corrected chi connectivity index (χ0v) is 12.2. The van der Waals surface area contributed by atoms with Gasteiger partial charge in [-0.25, -0.2) is 0 Å². The zero-order chi connectivity index (χ0) is 11.1. The van der Waals surface area contributed by atoms with Crippen LogP contribution in [-0.2, 0) is 13.6 Å². The Morgan fingerprint density at radius 1 is 1.00 bits per heavy atom. The second-order valence-corrected chi connectivity index (χ2v) is 14.7. The first-order valence-electron chi connectivity index (χ1n) is 5.80. The molecule has 0 amide bonds. The molecular formula is C10H22O3Si2. The van der Waals surface area contributed by atoms with Gasteiger partial charge in [0.15, 0.2) is 16.6 Å². The predicted octanol–water partition coefficient (Wildman–Crippen LogP) is 2.21. The lowest BCUT2D eigenvalue weighted by Gasteiger charge is -2.34. The fraction of sp³-hybridized carbons (Fsp3) is 1.00. The Morgan fingerprint density at radius 3 is 1.67 bits per heavy atom. The van der Waals surface area contributed by atoms with Crippen molar-refractivity contribution >= 4 is 16.6 Å². The third-order valence-corrected chi connectivity index (χ3v) is 9.73. The van der Waals surface area contributed by atoms with Gasteiger partial charge in [-0.2, -0.15) is 0 Å². The molecular weight excluding hydrogens is 224 g/mol. The summed E-state index contributed by atoms with van der Waals surface area (Å²) in [5.41, 5.74) is 0. The van der Waals surface area contributed by atoms with E-state index < -0.39 is 16.6 Å². The molecule has 5 heteroatoms. The van der Waals surface area contributed by atoms with Crippen molar-refractivity contribution in [1.82, 2.24) is 0 Å². The van der Waals surface area contributed by atoms with Gasteiger partial charge in [-0.1, -0.05) is 0 Å². The Labute approximate surface area is 94.4 Å². The Balaban J connectivity index is 1.91. The van der Waals surface area contributed by atoms with Crippen LogP contribution in [0.25, 0.3) is 0 Å². The largest absolute Gasteiger partial charge is 0.455 e. The van der Waals surface area contributed by atoms with Crippen molar-refractivity contribution in [3.8, 4) is 0 Å². The standard InChI is InChI=1S/C10H22O3Si2/c1-14(2,3)13-15(4,7-9-5-11-9)8-10-6-12-10/h9-10H,5-8H2,1-4H3. The van der Waals surface area contributed by atoms with Crippen molar-refractivity contribution in [1.29, 1.82) is 0 Å². The lowest BCUT2D eigenvalue weighted by atomic mass is 10.6. The number of rotatable bonds is 6. The second kappa shape index (κ2) is 3.96. The van der Waals surface area contributed by atoms with E-state index in [1.807, 2.05) is 0 Å². The van der Waals surface area contributed by atoms with Crippen molar-refractivity contribution in [2.24, 2.45) is 0 Å². The van der Waals surface area contributed by atoms with Crippen LogP contribution in [0, 0.1) is 0 Å². The van der Waals surface area contributed by atoms with Crippen molar-refractivity contribution in [3.05, 3.63) is 0 Å². The predicted molar refractivity (Wildman–Crippen MR) is 65.1 cm³/mol. The van der Waals surface area contributed by atoms with Gasteiger partial charge < -0.3 is 13.6 Å². The van der Waals surface area contributed by atoms with Gasteiger partial charge in [0, 0.05) is 0 Å². The van der Waals surface area contributed by atoms with E-state index in [1.165, 1.54) is 0 Å². The van der Waals surface area contributed by atoms with Crippen LogP contribution < -0.4 is 0 Å². The maximum atomic E-state index is 6.44. The van der Waals surface area contributed by atoms with E-state index in [-0.39, 0.29) is 0 Å². The molecule has 0 aromatic rings. The van der Waals surface area contributed by atoms with Gasteiger partial charge in [0.1, 0.15) is 0 Å². The van der Waals surface area contributed by atoms with Crippen LogP contribution in [0.5, 0.6) is 0 Å². The molecule has 2 rings (SSSR count). The lowest BCUT2D eigenvalue weighted by molar-refractivity contribution is 0.399. The molecule has 2 aliphatic heterocycles. The minimum absolute atomic E-state index is 0.497. The lowest BCUT2D eigenvalue weighted by Crippen LogP contribution is -2.46. The van der Waals surface area contributed by atoms with Crippen LogP contribution >= 0.6 is 0 Å². The van der Waals surface area contributed by atoms with Crippen LogP contribution in [0.3, 0.4) is 0 Å². The highest BCUT2D eigenvalue weighted by Crippen LogP contribution is 2.33. The van der Waals surface area contributed by atoms with Crippen LogP contribution in [-0.4, -0.2) is 42.1 Å². The summed E-state index contributed by atoms with van der Waals surface area (Å²) in [4.78, 5) is 0. The molecule has 0 saturated carbocycles. The van der Waals surface area contributed by atoms with Gasteiger partial charge in [-0.15, -0.1) is 0 Å². The molecule has 0 bridgehead atoms. The highest BCUT2D eigenvalue weighted by molar-refractivity contribution is 6.85. The highest BCUT2D eigenvalue weighted by atomic mass is 28.4. The topological polar surface area (TPSA) is 34.3 Å². The first-order chi connectivity index (χ1) is 6.86. The van der Waals surface area contributed by atoms with E-state index in [9.17, 15) is 0 Å². The van der Waals surface area contributed by atoms with Crippen molar-refractivity contribution in [3.63, 3.8) is 0 Å². The average molecular weight is 246 g/mol. The molecule has 2 heterocycles. The molecule has 0 aliphatic carbocycles. The van der Waals surface area contributed by atoms with Crippen LogP contribution in [0.4, 0.5) is 0 Å². The second-order valence-electron chi connectivity index (χ2n) is 5.98. The van der Waals surface area contributed by atoms with E-state index in [0.717, 1.165) is 25.3 Å². The Bertz CT molecular complexity index is 217. The first-order valence-corrected chi connectivity index (χ1v) is 12.0. The van der Waals surface area contributed by atoms with Gasteiger partial charge in [-0.05, 0) is 38.3 Å². The summed E-state index contributed by atoms with van der Waals surface area (Å²) in [6.07, 6.45) is 0.994. The molecule has 2 fully saturated rings. The average Bonchev–Trinajstić information content (AvgIpc) is 2.79. The minimum atomic E-state index is -1.57. The number of ether oxygens (including phenoxy) is 2. The molecule has 2 atom stereocenters. The van der Waals surface area contributed by atoms with Crippen molar-refractivity contribution in [2.75, 3.05) is 13.2 Å². The highest BCUT2D eigenvalue weighted by Gasteiger charge is 2.44. The maximum absolute atomic E-state index is 6.44. The minimum Gasteiger partial charge on any atom is -0.455 e. The fourth-order valence-electron chi connectivity index (χ4n) is 2.24. The summed E-state index contributed by atoms with van der Waals surface area (Å²) in [5.74, 6) is 0. The molecule has 0 aromatic heterocycles. The van der Waals surface area contributed by atoms with Crippen molar-refractivity contribution < 1.29 is 13.6 Å². The van der Waals surface area contributed by atoms with Gasteiger partial charge in [0.2, 0.25) is 0 Å². The van der Waals surface area contributed by atoms with Crippen molar-refractivity contribution in [2.45, 2.75) is 50.5 Å². The monoisotopic (exact) mass is 246 g/mol. The molecule has 88 valence electrons. The van der Waals surface area contributed by atoms with E-state index in [2.05, 4.69) is 26.2 Å². The number of hydrogen-bond donors (Lipinski definition) is 0. The molecule has 15 heavy (non-hydrogen) atoms. The van der Waals surface area contributed by atoms with Gasteiger partial charge >= 0.3 is 0 Å². The third kappa shape index (κ3) is 4.36. The van der Waals surface area contributed by atoms with E-state index >= 15 is 0 Å². The summed E-state index contributed by atoms with van der Waals surface area (Å²) >= 11 is 0. The number of epoxide rings is 2. The quantitative estimate of drug-likeness (QED) is 0.532. The molecule has 0 N–H and O–H groups in total. The summed E-state index contributed by atoms with van der Waals surface area (Å²) in [6, 6.07) is 2.33. The molecule has 2 unspecified atom stereocenters. The molecule has 3 nitrogen and oxygen atoms in total. The third-order valence-electron chi connectivity index (χ3n) is 2.68. The zero-order valence-electron chi connectivity index (χ0n) is 10.2. The summed E-state index contributed by atoms with van der Waals surface area (Å²) < 4.78 is 17.1. The van der Waals surface area contributed by atoms with E-state index in [4.69, 9.17) is 13.6 Å². The molecule has 0 radical (unpaired) electrons. The first kappa shape index (κ1) is 11.8. The fourth-order valence-corrected chi connectivity index (χ4v) is 11.4. The molecule has 0 aromatic carbocycles.